The Balaban J connectivity index is 1.47. The maximum absolute atomic E-state index is 12.0. The van der Waals surface area contributed by atoms with Crippen LogP contribution < -0.4 is 20.9 Å². The van der Waals surface area contributed by atoms with E-state index in [-0.39, 0.29) is 13.2 Å². The molecule has 0 spiro atoms. The summed E-state index contributed by atoms with van der Waals surface area (Å²) in [7, 11) is 0. The summed E-state index contributed by atoms with van der Waals surface area (Å²) < 4.78 is 6.80. The van der Waals surface area contributed by atoms with Crippen LogP contribution in [0.3, 0.4) is 0 Å². The second-order valence-corrected chi connectivity index (χ2v) is 6.45. The molecule has 29 heavy (non-hydrogen) atoms. The van der Waals surface area contributed by atoms with Gasteiger partial charge in [0.05, 0.1) is 5.02 Å². The van der Waals surface area contributed by atoms with E-state index >= 15 is 0 Å². The molecule has 0 unspecified atom stereocenters. The topological polar surface area (TPSA) is 123 Å². The molecule has 1 heterocycles. The van der Waals surface area contributed by atoms with Crippen LogP contribution in [0, 0.1) is 0 Å². The first-order chi connectivity index (χ1) is 14.0. The molecular formula is C17H15Cl2N7O3. The molecule has 0 aliphatic carbocycles. The van der Waals surface area contributed by atoms with Gasteiger partial charge in [-0.1, -0.05) is 35.3 Å². The van der Waals surface area contributed by atoms with E-state index in [4.69, 9.17) is 27.9 Å². The Morgan fingerprint density at radius 3 is 2.55 bits per heavy atom. The summed E-state index contributed by atoms with van der Waals surface area (Å²) in [6.07, 6.45) is 0. The smallest absolute Gasteiger partial charge is 0.337 e. The van der Waals surface area contributed by atoms with Crippen molar-refractivity contribution in [1.82, 2.24) is 31.1 Å². The van der Waals surface area contributed by atoms with Crippen LogP contribution in [0.4, 0.5) is 10.5 Å². The number of nitrogens with one attached hydrogen (secondary N) is 3. The molecule has 2 aromatic carbocycles. The van der Waals surface area contributed by atoms with Gasteiger partial charge in [-0.25, -0.2) is 14.9 Å². The van der Waals surface area contributed by atoms with Gasteiger partial charge in [0.25, 0.3) is 5.91 Å². The molecule has 1 aromatic heterocycles. The lowest BCUT2D eigenvalue weighted by Crippen LogP contribution is -2.45. The number of hydrogen-bond acceptors (Lipinski definition) is 6. The van der Waals surface area contributed by atoms with Crippen LogP contribution >= 0.6 is 23.2 Å². The van der Waals surface area contributed by atoms with Crippen molar-refractivity contribution >= 4 is 40.8 Å². The van der Waals surface area contributed by atoms with Crippen LogP contribution in [0.25, 0.3) is 0 Å². The fourth-order valence-corrected chi connectivity index (χ4v) is 2.47. The molecule has 0 fully saturated rings. The number of rotatable bonds is 6. The van der Waals surface area contributed by atoms with E-state index in [1.165, 1.54) is 4.68 Å². The maximum Gasteiger partial charge on any atom is 0.337 e. The number of amides is 3. The number of hydrazine groups is 1. The summed E-state index contributed by atoms with van der Waals surface area (Å²) in [4.78, 5) is 23.9. The lowest BCUT2D eigenvalue weighted by molar-refractivity contribution is -0.122. The zero-order valence-corrected chi connectivity index (χ0v) is 16.3. The van der Waals surface area contributed by atoms with Crippen molar-refractivity contribution in [2.24, 2.45) is 0 Å². The highest BCUT2D eigenvalue weighted by atomic mass is 35.5. The number of aromatic nitrogens is 4. The molecule has 0 aliphatic heterocycles. The molecule has 3 N–H and O–H groups in total. The molecule has 0 saturated carbocycles. The van der Waals surface area contributed by atoms with E-state index in [0.717, 1.165) is 0 Å². The molecule has 0 aliphatic rings. The Hall–Kier alpha value is -3.37. The molecule has 0 saturated heterocycles. The lowest BCUT2D eigenvalue weighted by atomic mass is 10.3. The predicted octanol–water partition coefficient (Wildman–Crippen LogP) is 2.41. The Labute approximate surface area is 175 Å². The van der Waals surface area contributed by atoms with E-state index in [9.17, 15) is 9.59 Å². The molecule has 3 aromatic rings. The first-order valence-electron chi connectivity index (χ1n) is 8.25. The van der Waals surface area contributed by atoms with Crippen LogP contribution in [0.5, 0.6) is 5.75 Å². The number of tetrazole rings is 1. The van der Waals surface area contributed by atoms with Gasteiger partial charge >= 0.3 is 6.03 Å². The van der Waals surface area contributed by atoms with Crippen LogP contribution in [0.1, 0.15) is 5.82 Å². The van der Waals surface area contributed by atoms with Crippen molar-refractivity contribution in [3.8, 4) is 5.75 Å². The van der Waals surface area contributed by atoms with Gasteiger partial charge in [-0.15, -0.1) is 5.10 Å². The third-order valence-corrected chi connectivity index (χ3v) is 4.07. The van der Waals surface area contributed by atoms with Crippen molar-refractivity contribution in [3.05, 3.63) is 64.4 Å². The molecular weight excluding hydrogens is 421 g/mol. The normalized spacial score (nSPS) is 10.3. The molecule has 10 nitrogen and oxygen atoms in total. The van der Waals surface area contributed by atoms with Gasteiger partial charge in [-0.05, 0) is 46.8 Å². The third-order valence-electron chi connectivity index (χ3n) is 3.51. The van der Waals surface area contributed by atoms with E-state index in [2.05, 4.69) is 31.7 Å². The molecule has 12 heteroatoms. The number of benzene rings is 2. The quantitative estimate of drug-likeness (QED) is 0.510. The van der Waals surface area contributed by atoms with Crippen molar-refractivity contribution in [3.63, 3.8) is 0 Å². The average molecular weight is 436 g/mol. The van der Waals surface area contributed by atoms with E-state index in [1.54, 1.807) is 48.5 Å². The molecule has 150 valence electrons. The Morgan fingerprint density at radius 2 is 1.79 bits per heavy atom. The summed E-state index contributed by atoms with van der Waals surface area (Å²) in [6.45, 7) is -0.218. The number of para-hydroxylation sites is 1. The zero-order chi connectivity index (χ0) is 20.6. The van der Waals surface area contributed by atoms with Crippen molar-refractivity contribution in [2.45, 2.75) is 13.2 Å². The van der Waals surface area contributed by atoms with Gasteiger partial charge in [0, 0.05) is 10.7 Å². The molecule has 0 atom stereocenters. The number of hydrogen-bond donors (Lipinski definition) is 3. The summed E-state index contributed by atoms with van der Waals surface area (Å²) in [5.41, 5.74) is 5.00. The van der Waals surface area contributed by atoms with Crippen LogP contribution in [0.15, 0.2) is 48.5 Å². The number of nitrogens with zero attached hydrogens (tertiary/aromatic N) is 4. The largest absolute Gasteiger partial charge is 0.484 e. The second-order valence-electron chi connectivity index (χ2n) is 5.61. The number of urea groups is 1. The monoisotopic (exact) mass is 435 g/mol. The Morgan fingerprint density at radius 1 is 1.03 bits per heavy atom. The van der Waals surface area contributed by atoms with Crippen molar-refractivity contribution in [1.29, 1.82) is 0 Å². The highest BCUT2D eigenvalue weighted by Gasteiger charge is 2.12. The molecule has 3 rings (SSSR count). The van der Waals surface area contributed by atoms with Gasteiger partial charge in [0.15, 0.2) is 5.82 Å². The highest BCUT2D eigenvalue weighted by Crippen LogP contribution is 2.23. The van der Waals surface area contributed by atoms with Gasteiger partial charge in [-0.2, -0.15) is 0 Å². The highest BCUT2D eigenvalue weighted by molar-refractivity contribution is 6.32. The van der Waals surface area contributed by atoms with E-state index < -0.39 is 11.9 Å². The minimum absolute atomic E-state index is 0.00843. The van der Waals surface area contributed by atoms with Crippen molar-refractivity contribution in [2.75, 3.05) is 5.32 Å². The Kier molecular flexibility index (Phi) is 6.82. The van der Waals surface area contributed by atoms with Gasteiger partial charge < -0.3 is 10.1 Å². The molecule has 3 amide bonds. The standard InChI is InChI=1S/C17H15Cl2N7O3/c18-11-5-7-12(8-6-11)20-17(28)23-22-16(27)9-26-15(21-24-25-26)10-29-14-4-2-1-3-13(14)19/h1-8H,9-10H2,(H,22,27)(H2,20,23,28). The number of anilines is 1. The minimum Gasteiger partial charge on any atom is -0.484 e. The Bertz CT molecular complexity index is 995. The fourth-order valence-electron chi connectivity index (χ4n) is 2.15. The summed E-state index contributed by atoms with van der Waals surface area (Å²) >= 11 is 11.8. The third kappa shape index (κ3) is 6.06. The first kappa shape index (κ1) is 20.4. The lowest BCUT2D eigenvalue weighted by Gasteiger charge is -2.10. The minimum atomic E-state index is -0.625. The van der Waals surface area contributed by atoms with E-state index in [0.29, 0.717) is 27.3 Å². The average Bonchev–Trinajstić information content (AvgIpc) is 3.14. The number of carbonyl (C=O) groups excluding carboxylic acids is 2. The first-order valence-corrected chi connectivity index (χ1v) is 9.00. The van der Waals surface area contributed by atoms with E-state index in [1.807, 2.05) is 0 Å². The predicted molar refractivity (Wildman–Crippen MR) is 105 cm³/mol. The van der Waals surface area contributed by atoms with Crippen LogP contribution in [0.2, 0.25) is 10.0 Å². The fraction of sp³-hybridized carbons (Fsp3) is 0.118. The SMILES string of the molecule is O=C(Cn1nnnc1COc1ccccc1Cl)NNC(=O)Nc1ccc(Cl)cc1. The van der Waals surface area contributed by atoms with Crippen LogP contribution in [-0.4, -0.2) is 32.1 Å². The van der Waals surface area contributed by atoms with Gasteiger partial charge in [-0.3, -0.25) is 10.2 Å². The molecule has 0 bridgehead atoms. The maximum atomic E-state index is 12.0. The summed E-state index contributed by atoms with van der Waals surface area (Å²) in [6, 6.07) is 12.8. The molecule has 0 radical (unpaired) electrons. The number of carbonyl (C=O) groups is 2. The second kappa shape index (κ2) is 9.71. The van der Waals surface area contributed by atoms with Crippen LogP contribution in [-0.2, 0) is 17.9 Å². The summed E-state index contributed by atoms with van der Waals surface area (Å²) in [5, 5.41) is 14.6. The number of halogens is 2. The number of ether oxygens (including phenoxy) is 1. The van der Waals surface area contributed by atoms with Gasteiger partial charge in [0.1, 0.15) is 18.9 Å². The van der Waals surface area contributed by atoms with Gasteiger partial charge in [0.2, 0.25) is 0 Å². The van der Waals surface area contributed by atoms with Crippen molar-refractivity contribution < 1.29 is 14.3 Å². The zero-order valence-electron chi connectivity index (χ0n) is 14.8. The summed E-state index contributed by atoms with van der Waals surface area (Å²) in [5.74, 6) is 0.238.